The number of amides is 2. The van der Waals surface area contributed by atoms with Crippen LogP contribution < -0.4 is 5.32 Å². The van der Waals surface area contributed by atoms with Crippen molar-refractivity contribution in [3.05, 3.63) is 64.7 Å². The van der Waals surface area contributed by atoms with Crippen LogP contribution in [0.3, 0.4) is 0 Å². The summed E-state index contributed by atoms with van der Waals surface area (Å²) in [7, 11) is 0. The van der Waals surface area contributed by atoms with E-state index in [4.69, 9.17) is 0 Å². The van der Waals surface area contributed by atoms with E-state index in [0.29, 0.717) is 31.2 Å². The van der Waals surface area contributed by atoms with Crippen molar-refractivity contribution >= 4 is 17.5 Å². The molecule has 0 unspecified atom stereocenters. The second-order valence-corrected chi connectivity index (χ2v) is 8.23. The zero-order chi connectivity index (χ0) is 26.7. The zero-order valence-electron chi connectivity index (χ0n) is 18.6. The lowest BCUT2D eigenvalue weighted by Gasteiger charge is -2.23. The van der Waals surface area contributed by atoms with Gasteiger partial charge in [0, 0.05) is 32.2 Å². The molecule has 2 aromatic rings. The topological polar surface area (TPSA) is 52.7 Å². The van der Waals surface area contributed by atoms with Gasteiger partial charge in [0.15, 0.2) is 0 Å². The first kappa shape index (κ1) is 27.4. The molecule has 2 aromatic carbocycles. The predicted molar refractivity (Wildman–Crippen MR) is 113 cm³/mol. The van der Waals surface area contributed by atoms with Gasteiger partial charge in [0.1, 0.15) is 11.6 Å². The molecule has 1 aliphatic heterocycles. The second-order valence-electron chi connectivity index (χ2n) is 8.23. The number of alkyl halides is 6. The molecule has 3 rings (SSSR count). The smallest absolute Gasteiger partial charge is 0.341 e. The largest absolute Gasteiger partial charge is 0.416 e. The van der Waals surface area contributed by atoms with Crippen LogP contribution in [0.25, 0.3) is 0 Å². The van der Waals surface area contributed by atoms with Crippen molar-refractivity contribution in [2.45, 2.75) is 25.2 Å². The number of hydrogen-bond donors (Lipinski definition) is 1. The third-order valence-corrected chi connectivity index (χ3v) is 5.60. The Kier molecular flexibility index (Phi) is 8.22. The van der Waals surface area contributed by atoms with Crippen molar-refractivity contribution in [3.63, 3.8) is 0 Å². The molecule has 0 atom stereocenters. The first-order valence-corrected chi connectivity index (χ1v) is 10.8. The Bertz CT molecular complexity index is 1120. The fourth-order valence-corrected chi connectivity index (χ4v) is 3.81. The minimum absolute atomic E-state index is 0.00462. The minimum atomic E-state index is -5.08. The van der Waals surface area contributed by atoms with E-state index in [-0.39, 0.29) is 37.9 Å². The van der Waals surface area contributed by atoms with Crippen LogP contribution in [-0.2, 0) is 28.4 Å². The van der Waals surface area contributed by atoms with E-state index < -0.39 is 58.9 Å². The first-order valence-electron chi connectivity index (χ1n) is 10.8. The highest BCUT2D eigenvalue weighted by Crippen LogP contribution is 2.37. The molecule has 0 radical (unpaired) electrons. The fourth-order valence-electron chi connectivity index (χ4n) is 3.81. The van der Waals surface area contributed by atoms with E-state index in [1.807, 2.05) is 0 Å². The molecule has 196 valence electrons. The van der Waals surface area contributed by atoms with E-state index >= 15 is 0 Å². The zero-order valence-corrected chi connectivity index (χ0v) is 18.6. The molecule has 1 saturated heterocycles. The van der Waals surface area contributed by atoms with Crippen LogP contribution in [-0.4, -0.2) is 54.3 Å². The molecule has 0 aliphatic carbocycles. The van der Waals surface area contributed by atoms with Gasteiger partial charge >= 0.3 is 12.4 Å². The van der Waals surface area contributed by atoms with Crippen molar-refractivity contribution in [3.8, 4) is 0 Å². The summed E-state index contributed by atoms with van der Waals surface area (Å²) in [4.78, 5) is 27.9. The summed E-state index contributed by atoms with van der Waals surface area (Å²) in [5.74, 6) is -3.03. The standard InChI is InChI=1S/C23H21F8N3O2/c24-16-4-5-19(18(25)12-16)32-20(35)13-33-6-1-7-34(9-8-33)21(36)10-14-2-3-15(22(26,27)28)11-17(14)23(29,30)31/h2-5,11-12H,1,6-10,13H2,(H,32,35). The Hall–Kier alpha value is -3.22. The van der Waals surface area contributed by atoms with Crippen LogP contribution in [0.1, 0.15) is 23.1 Å². The van der Waals surface area contributed by atoms with Gasteiger partial charge in [0.25, 0.3) is 0 Å². The molecule has 0 saturated carbocycles. The molecule has 36 heavy (non-hydrogen) atoms. The molecule has 1 N–H and O–H groups in total. The fraction of sp³-hybridized carbons (Fsp3) is 0.391. The van der Waals surface area contributed by atoms with Crippen molar-refractivity contribution in [1.82, 2.24) is 9.80 Å². The Morgan fingerprint density at radius 1 is 0.861 bits per heavy atom. The summed E-state index contributed by atoms with van der Waals surface area (Å²) in [6.07, 6.45) is -10.4. The molecular weight excluding hydrogens is 502 g/mol. The van der Waals surface area contributed by atoms with Crippen LogP contribution >= 0.6 is 0 Å². The van der Waals surface area contributed by atoms with Gasteiger partial charge in [-0.1, -0.05) is 6.07 Å². The Morgan fingerprint density at radius 2 is 1.58 bits per heavy atom. The lowest BCUT2D eigenvalue weighted by Crippen LogP contribution is -2.38. The molecule has 1 fully saturated rings. The van der Waals surface area contributed by atoms with E-state index in [0.717, 1.165) is 12.1 Å². The van der Waals surface area contributed by atoms with Crippen LogP contribution in [0.15, 0.2) is 36.4 Å². The second kappa shape index (κ2) is 10.8. The summed E-state index contributed by atoms with van der Waals surface area (Å²) in [6.45, 7) is 0.613. The summed E-state index contributed by atoms with van der Waals surface area (Å²) in [6, 6.07) is 3.83. The maximum atomic E-state index is 13.7. The third-order valence-electron chi connectivity index (χ3n) is 5.60. The summed E-state index contributed by atoms with van der Waals surface area (Å²) >= 11 is 0. The van der Waals surface area contributed by atoms with E-state index in [1.54, 1.807) is 4.90 Å². The van der Waals surface area contributed by atoms with Gasteiger partial charge in [-0.05, 0) is 36.2 Å². The average Bonchev–Trinajstić information content (AvgIpc) is 3.00. The Morgan fingerprint density at radius 3 is 2.22 bits per heavy atom. The highest BCUT2D eigenvalue weighted by Gasteiger charge is 2.38. The lowest BCUT2D eigenvalue weighted by molar-refractivity contribution is -0.143. The van der Waals surface area contributed by atoms with Gasteiger partial charge in [-0.3, -0.25) is 14.5 Å². The van der Waals surface area contributed by atoms with Crippen molar-refractivity contribution < 1.29 is 44.7 Å². The highest BCUT2D eigenvalue weighted by atomic mass is 19.4. The molecule has 5 nitrogen and oxygen atoms in total. The quantitative estimate of drug-likeness (QED) is 0.578. The molecule has 1 aliphatic rings. The van der Waals surface area contributed by atoms with Crippen LogP contribution in [0.5, 0.6) is 0 Å². The Balaban J connectivity index is 1.61. The summed E-state index contributed by atoms with van der Waals surface area (Å²) < 4.78 is 105. The van der Waals surface area contributed by atoms with Gasteiger partial charge in [0.05, 0.1) is 29.8 Å². The molecule has 0 spiro atoms. The molecule has 2 amide bonds. The number of benzene rings is 2. The van der Waals surface area contributed by atoms with Crippen molar-refractivity contribution in [2.75, 3.05) is 38.0 Å². The van der Waals surface area contributed by atoms with Crippen molar-refractivity contribution in [2.24, 2.45) is 0 Å². The minimum Gasteiger partial charge on any atom is -0.341 e. The van der Waals surface area contributed by atoms with E-state index in [9.17, 15) is 44.7 Å². The number of halogens is 8. The molecule has 13 heteroatoms. The van der Waals surface area contributed by atoms with Gasteiger partial charge in [-0.2, -0.15) is 26.3 Å². The van der Waals surface area contributed by atoms with Gasteiger partial charge in [0.2, 0.25) is 11.8 Å². The van der Waals surface area contributed by atoms with Crippen LogP contribution in [0, 0.1) is 11.6 Å². The van der Waals surface area contributed by atoms with Gasteiger partial charge in [-0.15, -0.1) is 0 Å². The molecule has 1 heterocycles. The SMILES string of the molecule is O=C(CN1CCCN(C(=O)Cc2ccc(C(F)(F)F)cc2C(F)(F)F)CC1)Nc1ccc(F)cc1F. The molecule has 0 aromatic heterocycles. The average molecular weight is 523 g/mol. The third kappa shape index (κ3) is 7.15. The number of carbonyl (C=O) groups is 2. The number of rotatable bonds is 5. The van der Waals surface area contributed by atoms with Gasteiger partial charge in [-0.25, -0.2) is 8.78 Å². The number of hydrogen-bond acceptors (Lipinski definition) is 3. The normalized spacial score (nSPS) is 15.5. The van der Waals surface area contributed by atoms with Gasteiger partial charge < -0.3 is 10.2 Å². The molecule has 0 bridgehead atoms. The molecular formula is C23H21F8N3O2. The van der Waals surface area contributed by atoms with Crippen LogP contribution in [0.2, 0.25) is 0 Å². The maximum Gasteiger partial charge on any atom is 0.416 e. The predicted octanol–water partition coefficient (Wildman–Crippen LogP) is 4.72. The lowest BCUT2D eigenvalue weighted by atomic mass is 10.00. The van der Waals surface area contributed by atoms with E-state index in [2.05, 4.69) is 5.32 Å². The van der Waals surface area contributed by atoms with E-state index in [1.165, 1.54) is 4.90 Å². The van der Waals surface area contributed by atoms with Crippen molar-refractivity contribution in [1.29, 1.82) is 0 Å². The highest BCUT2D eigenvalue weighted by molar-refractivity contribution is 5.92. The maximum absolute atomic E-state index is 13.7. The summed E-state index contributed by atoms with van der Waals surface area (Å²) in [5, 5.41) is 2.32. The Labute approximate surface area is 200 Å². The summed E-state index contributed by atoms with van der Waals surface area (Å²) in [5.41, 5.74) is -3.76. The number of carbonyl (C=O) groups excluding carboxylic acids is 2. The number of nitrogens with one attached hydrogen (secondary N) is 1. The number of anilines is 1. The van der Waals surface area contributed by atoms with Crippen LogP contribution in [0.4, 0.5) is 40.8 Å². The first-order chi connectivity index (χ1) is 16.7. The monoisotopic (exact) mass is 523 g/mol. The number of nitrogens with zero attached hydrogens (tertiary/aromatic N) is 2.